The average Bonchev–Trinajstić information content (AvgIpc) is 3.35. The van der Waals surface area contributed by atoms with Gasteiger partial charge in [-0.05, 0) is 43.0 Å². The summed E-state index contributed by atoms with van der Waals surface area (Å²) in [4.78, 5) is 25.9. The molecule has 1 aliphatic carbocycles. The third-order valence-corrected chi connectivity index (χ3v) is 5.49. The molecule has 0 radical (unpaired) electrons. The molecule has 30 heavy (non-hydrogen) atoms. The highest BCUT2D eigenvalue weighted by atomic mass is 16.4. The number of aromatic amines is 1. The van der Waals surface area contributed by atoms with Crippen LogP contribution >= 0.6 is 0 Å². The predicted octanol–water partition coefficient (Wildman–Crippen LogP) is 5.22. The van der Waals surface area contributed by atoms with Crippen LogP contribution in [0.25, 0.3) is 22.5 Å². The van der Waals surface area contributed by atoms with E-state index in [0.29, 0.717) is 17.3 Å². The Morgan fingerprint density at radius 3 is 2.50 bits per heavy atom. The van der Waals surface area contributed by atoms with E-state index >= 15 is 0 Å². The Morgan fingerprint density at radius 2 is 1.80 bits per heavy atom. The lowest BCUT2D eigenvalue weighted by molar-refractivity contribution is 0.0917. The van der Waals surface area contributed by atoms with E-state index in [0.717, 1.165) is 35.3 Å². The first-order valence-electron chi connectivity index (χ1n) is 10.4. The summed E-state index contributed by atoms with van der Waals surface area (Å²) in [5.41, 5.74) is 3.10. The summed E-state index contributed by atoms with van der Waals surface area (Å²) in [7, 11) is 0. The first-order chi connectivity index (χ1) is 14.6. The lowest BCUT2D eigenvalue weighted by atomic mass is 10.0. The fourth-order valence-corrected chi connectivity index (χ4v) is 3.70. The molecule has 1 fully saturated rings. The number of carbonyl (C=O) groups is 1. The predicted molar refractivity (Wildman–Crippen MR) is 115 cm³/mol. The van der Waals surface area contributed by atoms with Gasteiger partial charge in [0.25, 0.3) is 5.91 Å². The quantitative estimate of drug-likeness (QED) is 0.465. The number of amides is 1. The fraction of sp³-hybridized carbons (Fsp3) is 0.292. The van der Waals surface area contributed by atoms with Gasteiger partial charge in [0.1, 0.15) is 11.6 Å². The van der Waals surface area contributed by atoms with Crippen LogP contribution in [0.5, 0.6) is 0 Å². The van der Waals surface area contributed by atoms with Crippen LogP contribution in [0.1, 0.15) is 60.7 Å². The maximum absolute atomic E-state index is 13.3. The Hall–Kier alpha value is -3.41. The van der Waals surface area contributed by atoms with E-state index in [2.05, 4.69) is 34.1 Å². The molecule has 2 heterocycles. The molecule has 2 aromatic carbocycles. The van der Waals surface area contributed by atoms with Crippen LogP contribution in [0.2, 0.25) is 0 Å². The van der Waals surface area contributed by atoms with Gasteiger partial charge in [0.05, 0.1) is 17.1 Å². The number of nitrogens with one attached hydrogen (secondary N) is 2. The van der Waals surface area contributed by atoms with E-state index in [1.165, 1.54) is 0 Å². The molecule has 0 aliphatic heterocycles. The van der Waals surface area contributed by atoms with Gasteiger partial charge in [-0.15, -0.1) is 0 Å². The monoisotopic (exact) mass is 400 g/mol. The number of hydrogen-bond acceptors (Lipinski definition) is 4. The molecule has 5 rings (SSSR count). The molecule has 152 valence electrons. The van der Waals surface area contributed by atoms with Crippen LogP contribution in [0.4, 0.5) is 0 Å². The Labute approximate surface area is 174 Å². The summed E-state index contributed by atoms with van der Waals surface area (Å²) in [5.74, 6) is 2.14. The number of nitrogens with zero attached hydrogens (tertiary/aromatic N) is 2. The van der Waals surface area contributed by atoms with Crippen molar-refractivity contribution in [2.45, 2.75) is 38.6 Å². The van der Waals surface area contributed by atoms with Gasteiger partial charge in [-0.2, -0.15) is 0 Å². The van der Waals surface area contributed by atoms with Gasteiger partial charge in [-0.25, -0.2) is 9.97 Å². The van der Waals surface area contributed by atoms with Crippen molar-refractivity contribution >= 4 is 16.9 Å². The lowest BCUT2D eigenvalue weighted by Crippen LogP contribution is -2.33. The van der Waals surface area contributed by atoms with Gasteiger partial charge in [-0.3, -0.25) is 4.79 Å². The molecule has 1 saturated carbocycles. The number of rotatable bonds is 6. The number of oxazole rings is 1. The lowest BCUT2D eigenvalue weighted by Gasteiger charge is -2.20. The van der Waals surface area contributed by atoms with Crippen molar-refractivity contribution in [3.63, 3.8) is 0 Å². The van der Waals surface area contributed by atoms with E-state index in [-0.39, 0.29) is 23.8 Å². The van der Waals surface area contributed by atoms with Crippen LogP contribution in [-0.4, -0.2) is 20.9 Å². The number of imidazole rings is 1. The first-order valence-corrected chi connectivity index (χ1v) is 10.4. The van der Waals surface area contributed by atoms with Crippen molar-refractivity contribution in [3.8, 4) is 11.5 Å². The second-order valence-corrected chi connectivity index (χ2v) is 8.21. The van der Waals surface area contributed by atoms with Gasteiger partial charge in [0, 0.05) is 11.5 Å². The Bertz CT molecular complexity index is 1160. The molecular formula is C24H24N4O2. The number of aromatic nitrogens is 3. The first kappa shape index (κ1) is 18.6. The van der Waals surface area contributed by atoms with Crippen molar-refractivity contribution in [2.24, 2.45) is 5.92 Å². The minimum absolute atomic E-state index is 0.152. The van der Waals surface area contributed by atoms with E-state index < -0.39 is 0 Å². The molecule has 0 spiro atoms. The van der Waals surface area contributed by atoms with Gasteiger partial charge >= 0.3 is 0 Å². The molecule has 1 aliphatic rings. The third kappa shape index (κ3) is 3.49. The summed E-state index contributed by atoms with van der Waals surface area (Å²) < 4.78 is 6.05. The highest BCUT2D eigenvalue weighted by Crippen LogP contribution is 2.43. The molecule has 0 saturated heterocycles. The van der Waals surface area contributed by atoms with E-state index in [1.54, 1.807) is 0 Å². The number of para-hydroxylation sites is 2. The highest BCUT2D eigenvalue weighted by Gasteiger charge is 2.35. The Morgan fingerprint density at radius 1 is 1.07 bits per heavy atom. The van der Waals surface area contributed by atoms with Crippen molar-refractivity contribution in [1.82, 2.24) is 20.3 Å². The van der Waals surface area contributed by atoms with Crippen molar-refractivity contribution < 1.29 is 9.21 Å². The minimum atomic E-state index is -0.256. The smallest absolute Gasteiger partial charge is 0.274 e. The van der Waals surface area contributed by atoms with Crippen LogP contribution in [-0.2, 0) is 0 Å². The third-order valence-electron chi connectivity index (χ3n) is 5.49. The van der Waals surface area contributed by atoms with Gasteiger partial charge in [0.2, 0.25) is 5.89 Å². The van der Waals surface area contributed by atoms with Crippen LogP contribution in [0, 0.1) is 5.92 Å². The van der Waals surface area contributed by atoms with E-state index in [4.69, 9.17) is 4.42 Å². The zero-order valence-corrected chi connectivity index (χ0v) is 17.1. The van der Waals surface area contributed by atoms with Gasteiger partial charge in [-0.1, -0.05) is 44.2 Å². The molecule has 2 aromatic heterocycles. The molecular weight excluding hydrogens is 376 g/mol. The van der Waals surface area contributed by atoms with Crippen molar-refractivity contribution in [1.29, 1.82) is 0 Å². The van der Waals surface area contributed by atoms with Gasteiger partial charge < -0.3 is 14.7 Å². The zero-order valence-electron chi connectivity index (χ0n) is 17.1. The Kier molecular flexibility index (Phi) is 4.62. The SMILES string of the molecule is CC(C)[C@H](NC(=O)c1nc(-c2ccccc2)oc1C1CC1)c1nc2ccccc2[nH]1. The highest BCUT2D eigenvalue weighted by molar-refractivity contribution is 5.94. The summed E-state index contributed by atoms with van der Waals surface area (Å²) in [6.07, 6.45) is 2.06. The second-order valence-electron chi connectivity index (χ2n) is 8.21. The normalized spacial score (nSPS) is 14.9. The average molecular weight is 400 g/mol. The Balaban J connectivity index is 1.46. The molecule has 0 bridgehead atoms. The minimum Gasteiger partial charge on any atom is -0.440 e. The van der Waals surface area contributed by atoms with E-state index in [9.17, 15) is 4.79 Å². The molecule has 6 heteroatoms. The van der Waals surface area contributed by atoms with E-state index in [1.807, 2.05) is 54.6 Å². The van der Waals surface area contributed by atoms with Crippen molar-refractivity contribution in [3.05, 3.63) is 71.9 Å². The van der Waals surface area contributed by atoms with Crippen molar-refractivity contribution in [2.75, 3.05) is 0 Å². The molecule has 6 nitrogen and oxygen atoms in total. The number of benzene rings is 2. The topological polar surface area (TPSA) is 83.8 Å². The molecule has 2 N–H and O–H groups in total. The second kappa shape index (κ2) is 7.44. The largest absolute Gasteiger partial charge is 0.440 e. The summed E-state index contributed by atoms with van der Waals surface area (Å²) >= 11 is 0. The van der Waals surface area contributed by atoms with Crippen LogP contribution < -0.4 is 5.32 Å². The number of carbonyl (C=O) groups excluding carboxylic acids is 1. The van der Waals surface area contributed by atoms with Crippen LogP contribution in [0.15, 0.2) is 59.0 Å². The summed E-state index contributed by atoms with van der Waals surface area (Å²) in [6.45, 7) is 4.14. The standard InChI is InChI=1S/C24H24N4O2/c1-14(2)19(22-25-17-10-6-7-11-18(17)26-22)27-23(29)20-21(15-12-13-15)30-24(28-20)16-8-4-3-5-9-16/h3-11,14-15,19H,12-13H2,1-2H3,(H,25,26)(H,27,29)/t19-/m0/s1. The zero-order chi connectivity index (χ0) is 20.7. The number of fused-ring (bicyclic) bond motifs is 1. The molecule has 4 aromatic rings. The summed E-state index contributed by atoms with van der Waals surface area (Å²) in [5, 5.41) is 3.14. The van der Waals surface area contributed by atoms with Crippen LogP contribution in [0.3, 0.4) is 0 Å². The fourth-order valence-electron chi connectivity index (χ4n) is 3.70. The van der Waals surface area contributed by atoms with Gasteiger partial charge in [0.15, 0.2) is 5.69 Å². The molecule has 1 amide bonds. The molecule has 1 atom stereocenters. The maximum Gasteiger partial charge on any atom is 0.274 e. The number of H-pyrrole nitrogens is 1. The maximum atomic E-state index is 13.3. The summed E-state index contributed by atoms with van der Waals surface area (Å²) in [6, 6.07) is 17.3. The molecule has 0 unspecified atom stereocenters. The number of hydrogen-bond donors (Lipinski definition) is 2.